The van der Waals surface area contributed by atoms with E-state index in [1.165, 1.54) is 0 Å². The summed E-state index contributed by atoms with van der Waals surface area (Å²) in [4.78, 5) is 37.7. The van der Waals surface area contributed by atoms with E-state index in [0.717, 1.165) is 34.6 Å². The van der Waals surface area contributed by atoms with E-state index in [1.807, 2.05) is 32.9 Å². The van der Waals surface area contributed by atoms with Gasteiger partial charge in [0.05, 0.1) is 36.1 Å². The molecule has 36 heavy (non-hydrogen) atoms. The minimum absolute atomic E-state index is 0.00710. The number of nitrogens with one attached hydrogen (secondary N) is 2. The number of H-pyrrole nitrogens is 1. The van der Waals surface area contributed by atoms with E-state index in [4.69, 9.17) is 21.1 Å². The van der Waals surface area contributed by atoms with Crippen LogP contribution in [0.5, 0.6) is 0 Å². The Hall–Kier alpha value is -2.88. The normalized spacial score (nSPS) is 21.3. The summed E-state index contributed by atoms with van der Waals surface area (Å²) in [6.07, 6.45) is 4.98. The summed E-state index contributed by atoms with van der Waals surface area (Å²) in [5.41, 5.74) is 1.73. The monoisotopic (exact) mass is 513 g/mol. The topological polar surface area (TPSA) is 99.8 Å². The highest BCUT2D eigenvalue weighted by Crippen LogP contribution is 2.33. The van der Waals surface area contributed by atoms with Crippen LogP contribution in [0.3, 0.4) is 0 Å². The minimum atomic E-state index is -0.549. The molecule has 1 unspecified atom stereocenters. The second kappa shape index (κ2) is 9.88. The van der Waals surface area contributed by atoms with E-state index in [0.29, 0.717) is 37.0 Å². The molecule has 2 fully saturated rings. The Kier molecular flexibility index (Phi) is 6.80. The highest BCUT2D eigenvalue weighted by molar-refractivity contribution is 6.33. The number of halogens is 1. The Bertz CT molecular complexity index is 1290. The van der Waals surface area contributed by atoms with Gasteiger partial charge >= 0.3 is 6.09 Å². The second-order valence-electron chi connectivity index (χ2n) is 10.5. The number of fused-ring (bicyclic) bond motifs is 3. The predicted octanol–water partition coefficient (Wildman–Crippen LogP) is 4.41. The van der Waals surface area contributed by atoms with Crippen molar-refractivity contribution in [1.29, 1.82) is 0 Å². The molecule has 0 bridgehead atoms. The lowest BCUT2D eigenvalue weighted by atomic mass is 10.1. The molecule has 2 saturated heterocycles. The summed E-state index contributed by atoms with van der Waals surface area (Å²) in [6.45, 7) is 8.29. The van der Waals surface area contributed by atoms with E-state index in [1.54, 1.807) is 23.4 Å². The van der Waals surface area contributed by atoms with Crippen LogP contribution in [-0.2, 0) is 14.3 Å². The van der Waals surface area contributed by atoms with Gasteiger partial charge in [-0.2, -0.15) is 0 Å². The number of pyridine rings is 1. The number of aromatic amines is 1. The van der Waals surface area contributed by atoms with Gasteiger partial charge in [-0.1, -0.05) is 11.6 Å². The zero-order chi connectivity index (χ0) is 25.4. The Morgan fingerprint density at radius 2 is 2.11 bits per heavy atom. The lowest BCUT2D eigenvalue weighted by Crippen LogP contribution is -2.56. The minimum Gasteiger partial charge on any atom is -0.444 e. The van der Waals surface area contributed by atoms with Crippen molar-refractivity contribution in [3.05, 3.63) is 35.6 Å². The Balaban J connectivity index is 1.34. The van der Waals surface area contributed by atoms with E-state index in [-0.39, 0.29) is 24.6 Å². The number of anilines is 1. The van der Waals surface area contributed by atoms with Crippen molar-refractivity contribution in [2.45, 2.75) is 51.3 Å². The molecule has 0 radical (unpaired) electrons. The van der Waals surface area contributed by atoms with Gasteiger partial charge in [0.2, 0.25) is 5.91 Å². The SMILES string of the molecule is CC(C)(C)OC(=O)N1CCC[C@@H]1CN1CCOCC1C(=O)Nc1cc(Cl)cc2c1[nH]c1cnccc12. The van der Waals surface area contributed by atoms with Crippen molar-refractivity contribution in [1.82, 2.24) is 19.8 Å². The van der Waals surface area contributed by atoms with Crippen LogP contribution in [0, 0.1) is 0 Å². The van der Waals surface area contributed by atoms with Crippen LogP contribution in [0.25, 0.3) is 21.8 Å². The van der Waals surface area contributed by atoms with Crippen LogP contribution >= 0.6 is 11.6 Å². The molecule has 5 rings (SSSR count). The molecular weight excluding hydrogens is 482 g/mol. The molecule has 3 aromatic rings. The zero-order valence-corrected chi connectivity index (χ0v) is 21.6. The number of nitrogens with zero attached hydrogens (tertiary/aromatic N) is 3. The molecule has 9 nitrogen and oxygen atoms in total. The highest BCUT2D eigenvalue weighted by Gasteiger charge is 2.37. The summed E-state index contributed by atoms with van der Waals surface area (Å²) >= 11 is 6.42. The number of aromatic nitrogens is 2. The van der Waals surface area contributed by atoms with E-state index in [9.17, 15) is 9.59 Å². The van der Waals surface area contributed by atoms with Gasteiger partial charge in [-0.3, -0.25) is 14.7 Å². The molecule has 0 saturated carbocycles. The van der Waals surface area contributed by atoms with Crippen LogP contribution in [0.15, 0.2) is 30.6 Å². The zero-order valence-electron chi connectivity index (χ0n) is 20.8. The Morgan fingerprint density at radius 3 is 2.92 bits per heavy atom. The molecule has 2 aliphatic rings. The summed E-state index contributed by atoms with van der Waals surface area (Å²) < 4.78 is 11.3. The first kappa shape index (κ1) is 24.8. The van der Waals surface area contributed by atoms with Gasteiger partial charge in [-0.15, -0.1) is 0 Å². The number of amides is 2. The van der Waals surface area contributed by atoms with Gasteiger partial charge in [0.1, 0.15) is 11.6 Å². The first-order valence-corrected chi connectivity index (χ1v) is 12.7. The maximum atomic E-state index is 13.5. The maximum Gasteiger partial charge on any atom is 0.410 e. The van der Waals surface area contributed by atoms with Crippen molar-refractivity contribution in [3.63, 3.8) is 0 Å². The third-order valence-electron chi connectivity index (χ3n) is 6.72. The second-order valence-corrected chi connectivity index (χ2v) is 10.9. The first-order valence-electron chi connectivity index (χ1n) is 12.4. The average molecular weight is 514 g/mol. The van der Waals surface area contributed by atoms with Crippen molar-refractivity contribution >= 4 is 51.1 Å². The van der Waals surface area contributed by atoms with Gasteiger partial charge in [0, 0.05) is 47.7 Å². The quantitative estimate of drug-likeness (QED) is 0.536. The van der Waals surface area contributed by atoms with Crippen molar-refractivity contribution in [2.75, 3.05) is 38.2 Å². The standard InChI is InChI=1S/C26H32ClN5O4/c1-26(2,3)36-25(34)32-8-4-5-17(32)14-31-9-10-35-15-22(31)24(33)30-20-12-16(27)11-19-18-6-7-28-13-21(18)29-23(19)20/h6-7,11-13,17,22,29H,4-5,8-10,14-15H2,1-3H3,(H,30,33)/t17-,22?/m1/s1. The molecule has 4 heterocycles. The molecule has 2 N–H and O–H groups in total. The van der Waals surface area contributed by atoms with Crippen molar-refractivity contribution < 1.29 is 19.1 Å². The fraction of sp³-hybridized carbons (Fsp3) is 0.500. The van der Waals surface area contributed by atoms with Gasteiger partial charge < -0.3 is 24.7 Å². The molecule has 0 spiro atoms. The number of benzene rings is 1. The largest absolute Gasteiger partial charge is 0.444 e. The summed E-state index contributed by atoms with van der Waals surface area (Å²) in [5, 5.41) is 5.52. The van der Waals surface area contributed by atoms with Gasteiger partial charge in [0.15, 0.2) is 0 Å². The lowest BCUT2D eigenvalue weighted by molar-refractivity contribution is -0.127. The molecule has 2 atom stereocenters. The summed E-state index contributed by atoms with van der Waals surface area (Å²) in [7, 11) is 0. The smallest absolute Gasteiger partial charge is 0.410 e. The van der Waals surface area contributed by atoms with Crippen LogP contribution in [-0.4, -0.2) is 82.3 Å². The Morgan fingerprint density at radius 1 is 1.28 bits per heavy atom. The summed E-state index contributed by atoms with van der Waals surface area (Å²) in [6, 6.07) is 5.06. The van der Waals surface area contributed by atoms with Crippen LogP contribution < -0.4 is 5.32 Å². The number of hydrogen-bond donors (Lipinski definition) is 2. The maximum absolute atomic E-state index is 13.5. The van der Waals surface area contributed by atoms with Crippen LogP contribution in [0.1, 0.15) is 33.6 Å². The molecule has 192 valence electrons. The number of ether oxygens (including phenoxy) is 2. The van der Waals surface area contributed by atoms with Gasteiger partial charge in [-0.25, -0.2) is 4.79 Å². The number of rotatable bonds is 4. The number of likely N-dealkylation sites (tertiary alicyclic amines) is 1. The van der Waals surface area contributed by atoms with Crippen molar-refractivity contribution in [3.8, 4) is 0 Å². The molecule has 0 aliphatic carbocycles. The van der Waals surface area contributed by atoms with Crippen molar-refractivity contribution in [2.24, 2.45) is 0 Å². The van der Waals surface area contributed by atoms with E-state index < -0.39 is 11.6 Å². The average Bonchev–Trinajstić information content (AvgIpc) is 3.43. The number of morpholine rings is 1. The van der Waals surface area contributed by atoms with Gasteiger partial charge in [-0.05, 0) is 51.8 Å². The third kappa shape index (κ3) is 5.14. The molecule has 2 aliphatic heterocycles. The molecule has 2 aromatic heterocycles. The van der Waals surface area contributed by atoms with E-state index >= 15 is 0 Å². The molecule has 10 heteroatoms. The fourth-order valence-electron chi connectivity index (χ4n) is 5.09. The fourth-order valence-corrected chi connectivity index (χ4v) is 5.31. The Labute approximate surface area is 215 Å². The summed E-state index contributed by atoms with van der Waals surface area (Å²) in [5.74, 6) is -0.170. The molecule has 1 aromatic carbocycles. The predicted molar refractivity (Wildman–Crippen MR) is 139 cm³/mol. The number of hydrogen-bond acceptors (Lipinski definition) is 6. The van der Waals surface area contributed by atoms with Crippen LogP contribution in [0.4, 0.5) is 10.5 Å². The van der Waals surface area contributed by atoms with Crippen LogP contribution in [0.2, 0.25) is 5.02 Å². The highest BCUT2D eigenvalue weighted by atomic mass is 35.5. The molecular formula is C26H32ClN5O4. The lowest BCUT2D eigenvalue weighted by Gasteiger charge is -2.38. The third-order valence-corrected chi connectivity index (χ3v) is 6.94. The van der Waals surface area contributed by atoms with E-state index in [2.05, 4.69) is 20.2 Å². The molecule has 2 amide bonds. The number of carbonyl (C=O) groups excluding carboxylic acids is 2. The van der Waals surface area contributed by atoms with Gasteiger partial charge in [0.25, 0.3) is 0 Å². The number of carbonyl (C=O) groups is 2. The first-order chi connectivity index (χ1) is 17.2.